The van der Waals surface area contributed by atoms with Gasteiger partial charge in [-0.1, -0.05) is 6.07 Å². The Bertz CT molecular complexity index is 921. The summed E-state index contributed by atoms with van der Waals surface area (Å²) in [6.07, 6.45) is 3.64. The summed E-state index contributed by atoms with van der Waals surface area (Å²) in [6, 6.07) is 10.6. The predicted octanol–water partition coefficient (Wildman–Crippen LogP) is 2.63. The number of hydrogen-bond acceptors (Lipinski definition) is 5. The number of nitrogens with zero attached hydrogens (tertiary/aromatic N) is 4. The topological polar surface area (TPSA) is 91.8 Å². The van der Waals surface area contributed by atoms with Gasteiger partial charge in [0, 0.05) is 11.8 Å². The molecule has 0 aliphatic heterocycles. The fourth-order valence-corrected chi connectivity index (χ4v) is 2.26. The molecule has 1 N–H and O–H groups in total. The monoisotopic (exact) mass is 304 g/mol. The number of rotatable bonds is 3. The summed E-state index contributed by atoms with van der Waals surface area (Å²) in [7, 11) is 0. The van der Waals surface area contributed by atoms with Crippen LogP contribution in [0, 0.1) is 18.3 Å². The lowest BCUT2D eigenvalue weighted by Gasteiger charge is -2.05. The van der Waals surface area contributed by atoms with Crippen molar-refractivity contribution in [2.45, 2.75) is 6.92 Å². The Morgan fingerprint density at radius 3 is 2.70 bits per heavy atom. The van der Waals surface area contributed by atoms with E-state index in [0.29, 0.717) is 28.8 Å². The molecular weight excluding hydrogens is 292 g/mol. The second-order valence-electron chi connectivity index (χ2n) is 5.00. The van der Waals surface area contributed by atoms with Gasteiger partial charge in [0.25, 0.3) is 0 Å². The molecule has 6 nitrogen and oxygen atoms in total. The van der Waals surface area contributed by atoms with Gasteiger partial charge >= 0.3 is 0 Å². The van der Waals surface area contributed by atoms with Crippen LogP contribution in [0.2, 0.25) is 0 Å². The Morgan fingerprint density at radius 2 is 2.09 bits per heavy atom. The summed E-state index contributed by atoms with van der Waals surface area (Å²) in [5.41, 5.74) is 3.16. The van der Waals surface area contributed by atoms with Crippen molar-refractivity contribution in [3.8, 4) is 28.9 Å². The van der Waals surface area contributed by atoms with Crippen LogP contribution in [-0.4, -0.2) is 26.2 Å². The average molecular weight is 304 g/mol. The summed E-state index contributed by atoms with van der Waals surface area (Å²) in [6.45, 7) is 1.84. The van der Waals surface area contributed by atoms with Gasteiger partial charge in [0.15, 0.2) is 12.1 Å². The smallest absolute Gasteiger partial charge is 0.223 e. The Balaban J connectivity index is 2.03. The highest BCUT2D eigenvalue weighted by molar-refractivity contribution is 5.74. The van der Waals surface area contributed by atoms with Crippen molar-refractivity contribution >= 4 is 6.29 Å². The van der Waals surface area contributed by atoms with Crippen LogP contribution in [0.1, 0.15) is 21.5 Å². The number of aromatic hydroxyl groups is 1. The van der Waals surface area contributed by atoms with Crippen LogP contribution in [0.4, 0.5) is 0 Å². The first kappa shape index (κ1) is 14.5. The molecule has 0 radical (unpaired) electrons. The highest BCUT2D eigenvalue weighted by atomic mass is 16.3. The zero-order valence-electron chi connectivity index (χ0n) is 12.3. The molecule has 0 aliphatic rings. The third-order valence-corrected chi connectivity index (χ3v) is 3.53. The van der Waals surface area contributed by atoms with Gasteiger partial charge < -0.3 is 5.11 Å². The molecule has 0 saturated carbocycles. The average Bonchev–Trinajstić information content (AvgIpc) is 2.96. The molecule has 0 fully saturated rings. The molecule has 0 aliphatic carbocycles. The summed E-state index contributed by atoms with van der Waals surface area (Å²) in [5, 5.41) is 23.5. The van der Waals surface area contributed by atoms with Gasteiger partial charge in [-0.25, -0.2) is 4.98 Å². The van der Waals surface area contributed by atoms with Crippen LogP contribution in [-0.2, 0) is 0 Å². The summed E-state index contributed by atoms with van der Waals surface area (Å²) < 4.78 is 1.29. The number of hydrogen-bond donors (Lipinski definition) is 1. The van der Waals surface area contributed by atoms with Crippen molar-refractivity contribution in [2.24, 2.45) is 0 Å². The van der Waals surface area contributed by atoms with Crippen molar-refractivity contribution in [3.05, 3.63) is 59.4 Å². The quantitative estimate of drug-likeness (QED) is 0.751. The first-order chi connectivity index (χ1) is 11.1. The molecule has 2 aromatic heterocycles. The van der Waals surface area contributed by atoms with Gasteiger partial charge in [-0.05, 0) is 42.3 Å². The fraction of sp³-hybridized carbons (Fsp3) is 0.0588. The minimum atomic E-state index is -0.0551. The normalized spacial score (nSPS) is 10.3. The van der Waals surface area contributed by atoms with Gasteiger partial charge in [-0.2, -0.15) is 15.0 Å². The number of carbonyl (C=O) groups is 1. The number of pyridine rings is 1. The van der Waals surface area contributed by atoms with E-state index in [1.165, 1.54) is 17.1 Å². The third-order valence-electron chi connectivity index (χ3n) is 3.53. The van der Waals surface area contributed by atoms with Gasteiger partial charge in [-0.15, -0.1) is 0 Å². The van der Waals surface area contributed by atoms with Crippen LogP contribution >= 0.6 is 0 Å². The van der Waals surface area contributed by atoms with E-state index in [1.54, 1.807) is 24.3 Å². The number of aromatic nitrogens is 3. The molecule has 3 rings (SSSR count). The molecule has 0 atom stereocenters. The van der Waals surface area contributed by atoms with E-state index in [2.05, 4.69) is 16.2 Å². The molecule has 2 heterocycles. The molecular formula is C17H12N4O2. The van der Waals surface area contributed by atoms with Crippen LogP contribution in [0.15, 0.2) is 42.7 Å². The van der Waals surface area contributed by atoms with Crippen LogP contribution in [0.3, 0.4) is 0 Å². The Hall–Kier alpha value is -3.46. The van der Waals surface area contributed by atoms with E-state index in [-0.39, 0.29) is 5.88 Å². The highest BCUT2D eigenvalue weighted by Crippen LogP contribution is 2.31. The summed E-state index contributed by atoms with van der Waals surface area (Å²) >= 11 is 0. The molecule has 6 heteroatoms. The number of aryl methyl sites for hydroxylation is 1. The van der Waals surface area contributed by atoms with E-state index in [0.717, 1.165) is 11.1 Å². The predicted molar refractivity (Wildman–Crippen MR) is 83.3 cm³/mol. The number of carbonyl (C=O) groups excluding carboxylic acids is 1. The summed E-state index contributed by atoms with van der Waals surface area (Å²) in [4.78, 5) is 14.8. The zero-order valence-corrected chi connectivity index (χ0v) is 12.3. The van der Waals surface area contributed by atoms with Gasteiger partial charge in [-0.3, -0.25) is 4.79 Å². The lowest BCUT2D eigenvalue weighted by Crippen LogP contribution is -1.99. The largest absolute Gasteiger partial charge is 0.493 e. The van der Waals surface area contributed by atoms with Crippen LogP contribution in [0.25, 0.3) is 16.9 Å². The maximum Gasteiger partial charge on any atom is 0.223 e. The fourth-order valence-electron chi connectivity index (χ4n) is 2.26. The molecule has 0 amide bonds. The molecule has 0 bridgehead atoms. The second kappa shape index (κ2) is 5.73. The zero-order chi connectivity index (χ0) is 16.4. The van der Waals surface area contributed by atoms with E-state index in [9.17, 15) is 9.90 Å². The highest BCUT2D eigenvalue weighted by Gasteiger charge is 2.14. The molecule has 0 saturated heterocycles. The molecule has 0 unspecified atom stereocenters. The van der Waals surface area contributed by atoms with Gasteiger partial charge in [0.1, 0.15) is 0 Å². The molecule has 112 valence electrons. The van der Waals surface area contributed by atoms with Gasteiger partial charge in [0.2, 0.25) is 5.88 Å². The van der Waals surface area contributed by atoms with Crippen molar-refractivity contribution < 1.29 is 9.90 Å². The van der Waals surface area contributed by atoms with E-state index in [4.69, 9.17) is 5.26 Å². The van der Waals surface area contributed by atoms with Crippen molar-refractivity contribution in [1.82, 2.24) is 14.8 Å². The lowest BCUT2D eigenvalue weighted by molar-refractivity contribution is 0.112. The van der Waals surface area contributed by atoms with Crippen molar-refractivity contribution in [3.63, 3.8) is 0 Å². The minimum absolute atomic E-state index is 0.0551. The minimum Gasteiger partial charge on any atom is -0.493 e. The Morgan fingerprint density at radius 1 is 1.26 bits per heavy atom. The molecule has 3 aromatic rings. The van der Waals surface area contributed by atoms with Gasteiger partial charge in [0.05, 0.1) is 23.4 Å². The molecule has 23 heavy (non-hydrogen) atoms. The number of aldehydes is 1. The number of nitriles is 1. The van der Waals surface area contributed by atoms with Crippen molar-refractivity contribution in [2.75, 3.05) is 0 Å². The van der Waals surface area contributed by atoms with E-state index < -0.39 is 0 Å². The van der Waals surface area contributed by atoms with Crippen LogP contribution < -0.4 is 0 Å². The van der Waals surface area contributed by atoms with Crippen molar-refractivity contribution in [1.29, 1.82) is 5.26 Å². The first-order valence-corrected chi connectivity index (χ1v) is 6.83. The number of benzene rings is 1. The van der Waals surface area contributed by atoms with E-state index in [1.807, 2.05) is 13.0 Å². The maximum absolute atomic E-state index is 10.7. The Labute approximate surface area is 132 Å². The maximum atomic E-state index is 10.7. The lowest BCUT2D eigenvalue weighted by atomic mass is 10.0. The van der Waals surface area contributed by atoms with E-state index >= 15 is 0 Å². The third kappa shape index (κ3) is 2.56. The Kier molecular flexibility index (Phi) is 3.61. The SMILES string of the molecule is Cc1cc(-c2cnn(-c3ccc(C=O)cn3)c2O)ccc1C#N. The molecule has 1 aromatic carbocycles. The summed E-state index contributed by atoms with van der Waals surface area (Å²) in [5.74, 6) is 0.352. The second-order valence-corrected chi connectivity index (χ2v) is 5.00. The first-order valence-electron chi connectivity index (χ1n) is 6.83. The van der Waals surface area contributed by atoms with Crippen LogP contribution in [0.5, 0.6) is 5.88 Å². The standard InChI is InChI=1S/C17H12N4O2/c1-11-6-13(3-4-14(11)7-18)15-9-20-21(17(15)23)16-5-2-12(10-22)8-19-16/h2-6,8-10,23H,1H3. The molecule has 0 spiro atoms.